The molecule has 0 aromatic carbocycles. The Bertz CT molecular complexity index is 1160. The summed E-state index contributed by atoms with van der Waals surface area (Å²) in [5.74, 6) is 0.826. The second kappa shape index (κ2) is 7.76. The van der Waals surface area contributed by atoms with Crippen molar-refractivity contribution in [1.29, 1.82) is 0 Å². The first-order valence-corrected chi connectivity index (χ1v) is 8.83. The Hall–Kier alpha value is -3.66. The minimum atomic E-state index is -0.448. The van der Waals surface area contributed by atoms with E-state index in [2.05, 4.69) is 30.4 Å². The normalized spacial score (nSPS) is 12.1. The van der Waals surface area contributed by atoms with Gasteiger partial charge in [0.25, 0.3) is 0 Å². The maximum Gasteiger partial charge on any atom is 0.218 e. The van der Waals surface area contributed by atoms with E-state index in [1.54, 1.807) is 35.1 Å². The van der Waals surface area contributed by atoms with Crippen molar-refractivity contribution < 1.29 is 14.2 Å². The lowest BCUT2D eigenvalue weighted by Gasteiger charge is -2.17. The highest BCUT2D eigenvalue weighted by Gasteiger charge is 2.16. The van der Waals surface area contributed by atoms with E-state index < -0.39 is 5.82 Å². The first kappa shape index (κ1) is 18.7. The molecule has 148 valence electrons. The Labute approximate surface area is 165 Å². The molecule has 0 aliphatic heterocycles. The van der Waals surface area contributed by atoms with Gasteiger partial charge >= 0.3 is 0 Å². The highest BCUT2D eigenvalue weighted by atomic mass is 19.1. The monoisotopic (exact) mass is 395 g/mol. The third-order valence-corrected chi connectivity index (χ3v) is 4.34. The molecule has 0 radical (unpaired) electrons. The number of fused-ring (bicyclic) bond motifs is 1. The summed E-state index contributed by atoms with van der Waals surface area (Å²) in [5.41, 5.74) is 2.26. The standard InChI is InChI=1S/C19H18FN7O2/c1-11(14-7-12(20)8-23-19(14)29-2)24-16-3-4-17-22-9-15(27(17)26-16)18-21-6-5-13(10-28)25-18/h3-9,11,28H,10H2,1-2H3,(H,24,26)/t11-/m1/s1. The molecule has 10 heteroatoms. The van der Waals surface area contributed by atoms with Crippen LogP contribution < -0.4 is 10.1 Å². The number of hydrogen-bond donors (Lipinski definition) is 2. The maximum absolute atomic E-state index is 13.6. The molecule has 4 heterocycles. The summed E-state index contributed by atoms with van der Waals surface area (Å²) in [5, 5.41) is 17.1. The fourth-order valence-corrected chi connectivity index (χ4v) is 2.93. The van der Waals surface area contributed by atoms with E-state index in [0.717, 1.165) is 6.20 Å². The first-order chi connectivity index (χ1) is 14.1. The number of imidazole rings is 1. The number of rotatable bonds is 6. The van der Waals surface area contributed by atoms with Gasteiger partial charge in [-0.1, -0.05) is 0 Å². The van der Waals surface area contributed by atoms with Crippen molar-refractivity contribution in [3.63, 3.8) is 0 Å². The Morgan fingerprint density at radius 2 is 2.07 bits per heavy atom. The molecule has 1 atom stereocenters. The van der Waals surface area contributed by atoms with Gasteiger partial charge in [0.2, 0.25) is 5.88 Å². The highest BCUT2D eigenvalue weighted by Crippen LogP contribution is 2.26. The minimum absolute atomic E-state index is 0.187. The van der Waals surface area contributed by atoms with E-state index in [9.17, 15) is 9.50 Å². The number of aliphatic hydroxyl groups is 1. The van der Waals surface area contributed by atoms with E-state index in [4.69, 9.17) is 4.74 Å². The van der Waals surface area contributed by atoms with Crippen LogP contribution in [0.1, 0.15) is 24.2 Å². The molecule has 0 bridgehead atoms. The highest BCUT2D eigenvalue weighted by molar-refractivity contribution is 5.57. The predicted octanol–water partition coefficient (Wildman–Crippen LogP) is 2.39. The van der Waals surface area contributed by atoms with Crippen LogP contribution in [0.25, 0.3) is 17.2 Å². The van der Waals surface area contributed by atoms with Gasteiger partial charge in [0.1, 0.15) is 17.3 Å². The molecule has 0 saturated heterocycles. The largest absolute Gasteiger partial charge is 0.481 e. The van der Waals surface area contributed by atoms with E-state index >= 15 is 0 Å². The van der Waals surface area contributed by atoms with Crippen LogP contribution in [0, 0.1) is 5.82 Å². The number of aromatic nitrogens is 6. The molecule has 0 unspecified atom stereocenters. The van der Waals surface area contributed by atoms with E-state index in [-0.39, 0.29) is 12.6 Å². The van der Waals surface area contributed by atoms with Gasteiger partial charge in [-0.05, 0) is 31.2 Å². The van der Waals surface area contributed by atoms with E-state index in [1.165, 1.54) is 13.2 Å². The molecular weight excluding hydrogens is 377 g/mol. The summed E-state index contributed by atoms with van der Waals surface area (Å²) >= 11 is 0. The van der Waals surface area contributed by atoms with Crippen molar-refractivity contribution in [2.24, 2.45) is 0 Å². The fraction of sp³-hybridized carbons (Fsp3) is 0.211. The molecule has 0 aliphatic carbocycles. The van der Waals surface area contributed by atoms with Crippen LogP contribution in [-0.2, 0) is 6.61 Å². The summed E-state index contributed by atoms with van der Waals surface area (Å²) in [6.07, 6.45) is 4.30. The number of nitrogens with zero attached hydrogens (tertiary/aromatic N) is 6. The lowest BCUT2D eigenvalue weighted by molar-refractivity contribution is 0.277. The Morgan fingerprint density at radius 1 is 1.21 bits per heavy atom. The van der Waals surface area contributed by atoms with Crippen molar-refractivity contribution in [3.05, 3.63) is 59.9 Å². The van der Waals surface area contributed by atoms with Gasteiger partial charge in [-0.15, -0.1) is 5.10 Å². The molecular formula is C19H18FN7O2. The molecule has 4 aromatic rings. The molecule has 0 aliphatic rings. The van der Waals surface area contributed by atoms with Crippen molar-refractivity contribution in [2.45, 2.75) is 19.6 Å². The smallest absolute Gasteiger partial charge is 0.218 e. The molecule has 0 spiro atoms. The van der Waals surface area contributed by atoms with Gasteiger partial charge in [0, 0.05) is 11.8 Å². The van der Waals surface area contributed by atoms with Crippen LogP contribution in [0.2, 0.25) is 0 Å². The number of aliphatic hydroxyl groups excluding tert-OH is 1. The lowest BCUT2D eigenvalue weighted by atomic mass is 10.1. The Kier molecular flexibility index (Phi) is 5.00. The predicted molar refractivity (Wildman–Crippen MR) is 103 cm³/mol. The van der Waals surface area contributed by atoms with Crippen molar-refractivity contribution >= 4 is 11.5 Å². The van der Waals surface area contributed by atoms with Crippen LogP contribution in [0.3, 0.4) is 0 Å². The maximum atomic E-state index is 13.6. The van der Waals surface area contributed by atoms with Crippen LogP contribution in [0.5, 0.6) is 5.88 Å². The summed E-state index contributed by atoms with van der Waals surface area (Å²) in [6, 6.07) is 6.25. The topological polar surface area (TPSA) is 110 Å². The summed E-state index contributed by atoms with van der Waals surface area (Å²) in [6.45, 7) is 1.67. The van der Waals surface area contributed by atoms with Crippen LogP contribution in [-0.4, -0.2) is 41.8 Å². The van der Waals surface area contributed by atoms with Gasteiger partial charge in [0.15, 0.2) is 11.5 Å². The van der Waals surface area contributed by atoms with E-state index in [1.807, 2.05) is 6.92 Å². The zero-order valence-electron chi connectivity index (χ0n) is 15.7. The van der Waals surface area contributed by atoms with Crippen LogP contribution in [0.4, 0.5) is 10.2 Å². The average Bonchev–Trinajstić information content (AvgIpc) is 3.17. The molecule has 0 saturated carbocycles. The summed E-state index contributed by atoms with van der Waals surface area (Å²) in [7, 11) is 1.49. The zero-order valence-corrected chi connectivity index (χ0v) is 15.7. The molecule has 0 amide bonds. The number of anilines is 1. The van der Waals surface area contributed by atoms with Crippen LogP contribution >= 0.6 is 0 Å². The fourth-order valence-electron chi connectivity index (χ4n) is 2.93. The first-order valence-electron chi connectivity index (χ1n) is 8.83. The van der Waals surface area contributed by atoms with Gasteiger partial charge < -0.3 is 15.2 Å². The third-order valence-electron chi connectivity index (χ3n) is 4.34. The van der Waals surface area contributed by atoms with Gasteiger partial charge in [-0.25, -0.2) is 28.8 Å². The minimum Gasteiger partial charge on any atom is -0.481 e. The second-order valence-electron chi connectivity index (χ2n) is 6.28. The number of hydrogen-bond acceptors (Lipinski definition) is 8. The molecule has 29 heavy (non-hydrogen) atoms. The van der Waals surface area contributed by atoms with Crippen molar-refractivity contribution in [2.75, 3.05) is 12.4 Å². The lowest BCUT2D eigenvalue weighted by Crippen LogP contribution is -2.12. The third kappa shape index (κ3) is 3.69. The number of halogens is 1. The SMILES string of the molecule is COc1ncc(F)cc1[C@@H](C)Nc1ccc2ncc(-c3nccc(CO)n3)n2n1. The van der Waals surface area contributed by atoms with Gasteiger partial charge in [0.05, 0.1) is 37.8 Å². The molecule has 9 nitrogen and oxygen atoms in total. The Balaban J connectivity index is 1.68. The van der Waals surface area contributed by atoms with Gasteiger partial charge in [-0.3, -0.25) is 0 Å². The zero-order chi connectivity index (χ0) is 20.4. The average molecular weight is 395 g/mol. The number of pyridine rings is 1. The quantitative estimate of drug-likeness (QED) is 0.512. The Morgan fingerprint density at radius 3 is 2.86 bits per heavy atom. The summed E-state index contributed by atoms with van der Waals surface area (Å²) in [4.78, 5) is 16.8. The summed E-state index contributed by atoms with van der Waals surface area (Å²) < 4.78 is 20.5. The number of nitrogens with one attached hydrogen (secondary N) is 1. The molecule has 2 N–H and O–H groups in total. The molecule has 0 fully saturated rings. The second-order valence-corrected chi connectivity index (χ2v) is 6.28. The van der Waals surface area contributed by atoms with Crippen LogP contribution in [0.15, 0.2) is 42.9 Å². The van der Waals surface area contributed by atoms with Gasteiger partial charge in [-0.2, -0.15) is 0 Å². The molecule has 4 aromatic heterocycles. The van der Waals surface area contributed by atoms with Crippen molar-refractivity contribution in [1.82, 2.24) is 29.5 Å². The van der Waals surface area contributed by atoms with E-state index in [0.29, 0.717) is 40.1 Å². The molecule has 4 rings (SSSR count). The van der Waals surface area contributed by atoms with Crippen molar-refractivity contribution in [3.8, 4) is 17.4 Å². The number of ether oxygens (including phenoxy) is 1. The number of methoxy groups -OCH3 is 1.